The lowest BCUT2D eigenvalue weighted by Crippen LogP contribution is -2.51. The van der Waals surface area contributed by atoms with Crippen molar-refractivity contribution < 1.29 is 22.7 Å². The van der Waals surface area contributed by atoms with Crippen LogP contribution in [0.15, 0.2) is 83.8 Å². The van der Waals surface area contributed by atoms with Crippen molar-refractivity contribution in [3.8, 4) is 5.75 Å². The standard InChI is InChI=1S/C29H34ClN3O5S/c1-4-5-18-31-29(35)22(2)32(20-23-10-9-11-24(30)19-23)28(34)21-33(25-12-7-6-8-13-25)39(36,37)27-16-14-26(38-3)15-17-27/h6-17,19,22H,4-5,18,20-21H2,1-3H3,(H,31,35)/t22-/m1/s1. The summed E-state index contributed by atoms with van der Waals surface area (Å²) in [5.74, 6) is -0.343. The predicted octanol–water partition coefficient (Wildman–Crippen LogP) is 4.88. The van der Waals surface area contributed by atoms with E-state index >= 15 is 0 Å². The van der Waals surface area contributed by atoms with Crippen LogP contribution < -0.4 is 14.4 Å². The number of carbonyl (C=O) groups excluding carboxylic acids is 2. The van der Waals surface area contributed by atoms with Crippen LogP contribution in [0.4, 0.5) is 5.69 Å². The molecule has 0 saturated carbocycles. The molecule has 0 spiro atoms. The Morgan fingerprint density at radius 2 is 1.69 bits per heavy atom. The maximum absolute atomic E-state index is 13.9. The highest BCUT2D eigenvalue weighted by Crippen LogP contribution is 2.26. The lowest BCUT2D eigenvalue weighted by Gasteiger charge is -2.32. The van der Waals surface area contributed by atoms with Crippen LogP contribution in [0.25, 0.3) is 0 Å². The number of rotatable bonds is 13. The SMILES string of the molecule is CCCCNC(=O)[C@@H](C)N(Cc1cccc(Cl)c1)C(=O)CN(c1ccccc1)S(=O)(=O)c1ccc(OC)cc1. The normalized spacial score (nSPS) is 11.9. The first-order valence-electron chi connectivity index (χ1n) is 12.7. The Labute approximate surface area is 235 Å². The number of ether oxygens (including phenoxy) is 1. The summed E-state index contributed by atoms with van der Waals surface area (Å²) >= 11 is 6.17. The van der Waals surface area contributed by atoms with Crippen LogP contribution in [-0.2, 0) is 26.2 Å². The first kappa shape index (κ1) is 30.0. The zero-order valence-corrected chi connectivity index (χ0v) is 23.9. The van der Waals surface area contributed by atoms with Gasteiger partial charge in [0.25, 0.3) is 10.0 Å². The Balaban J connectivity index is 1.97. The molecule has 0 aliphatic carbocycles. The summed E-state index contributed by atoms with van der Waals surface area (Å²) in [6.07, 6.45) is 1.72. The van der Waals surface area contributed by atoms with Crippen molar-refractivity contribution in [1.82, 2.24) is 10.2 Å². The number of hydrogen-bond acceptors (Lipinski definition) is 5. The van der Waals surface area contributed by atoms with Gasteiger partial charge < -0.3 is 15.0 Å². The molecule has 0 bridgehead atoms. The van der Waals surface area contributed by atoms with E-state index in [0.29, 0.717) is 28.6 Å². The monoisotopic (exact) mass is 571 g/mol. The Morgan fingerprint density at radius 3 is 2.31 bits per heavy atom. The molecule has 0 radical (unpaired) electrons. The van der Waals surface area contributed by atoms with Gasteiger partial charge >= 0.3 is 0 Å². The highest BCUT2D eigenvalue weighted by Gasteiger charge is 2.32. The summed E-state index contributed by atoms with van der Waals surface area (Å²) in [6, 6.07) is 20.5. The molecule has 208 valence electrons. The number of nitrogens with zero attached hydrogens (tertiary/aromatic N) is 2. The van der Waals surface area contributed by atoms with Gasteiger partial charge in [0.2, 0.25) is 11.8 Å². The number of sulfonamides is 1. The largest absolute Gasteiger partial charge is 0.497 e. The minimum Gasteiger partial charge on any atom is -0.497 e. The number of halogens is 1. The van der Waals surface area contributed by atoms with Gasteiger partial charge in [-0.1, -0.05) is 55.3 Å². The molecule has 3 aromatic carbocycles. The first-order valence-corrected chi connectivity index (χ1v) is 14.5. The van der Waals surface area contributed by atoms with Gasteiger partial charge in [0.05, 0.1) is 17.7 Å². The molecule has 1 atom stereocenters. The summed E-state index contributed by atoms with van der Waals surface area (Å²) in [7, 11) is -2.65. The van der Waals surface area contributed by atoms with Crippen molar-refractivity contribution in [3.05, 3.63) is 89.4 Å². The van der Waals surface area contributed by atoms with Crippen molar-refractivity contribution in [1.29, 1.82) is 0 Å². The number of nitrogens with one attached hydrogen (secondary N) is 1. The Hall–Kier alpha value is -3.56. The summed E-state index contributed by atoms with van der Waals surface area (Å²) < 4.78 is 33.8. The van der Waals surface area contributed by atoms with Crippen LogP contribution in [0.2, 0.25) is 5.02 Å². The third-order valence-electron chi connectivity index (χ3n) is 6.21. The summed E-state index contributed by atoms with van der Waals surface area (Å²) in [6.45, 7) is 3.71. The van der Waals surface area contributed by atoms with Crippen LogP contribution >= 0.6 is 11.6 Å². The Kier molecular flexibility index (Phi) is 10.8. The number of amides is 2. The zero-order chi connectivity index (χ0) is 28.4. The Bertz CT molecular complexity index is 1350. The molecule has 0 unspecified atom stereocenters. The molecule has 0 aromatic heterocycles. The molecule has 1 N–H and O–H groups in total. The molecule has 0 heterocycles. The highest BCUT2D eigenvalue weighted by atomic mass is 35.5. The van der Waals surface area contributed by atoms with Gasteiger partial charge in [-0.05, 0) is 67.4 Å². The summed E-state index contributed by atoms with van der Waals surface area (Å²) in [5, 5.41) is 3.36. The van der Waals surface area contributed by atoms with Gasteiger partial charge in [0, 0.05) is 18.1 Å². The zero-order valence-electron chi connectivity index (χ0n) is 22.3. The fourth-order valence-corrected chi connectivity index (χ4v) is 5.58. The van der Waals surface area contributed by atoms with E-state index in [2.05, 4.69) is 5.32 Å². The predicted molar refractivity (Wildman–Crippen MR) is 153 cm³/mol. The lowest BCUT2D eigenvalue weighted by molar-refractivity contribution is -0.139. The highest BCUT2D eigenvalue weighted by molar-refractivity contribution is 7.92. The van der Waals surface area contributed by atoms with Crippen LogP contribution in [0, 0.1) is 0 Å². The topological polar surface area (TPSA) is 96.0 Å². The van der Waals surface area contributed by atoms with Gasteiger partial charge in [-0.2, -0.15) is 0 Å². The number of methoxy groups -OCH3 is 1. The average molecular weight is 572 g/mol. The van der Waals surface area contributed by atoms with Crippen LogP contribution in [0.5, 0.6) is 5.75 Å². The number of benzene rings is 3. The third-order valence-corrected chi connectivity index (χ3v) is 8.23. The maximum atomic E-state index is 13.9. The molecule has 3 rings (SSSR count). The molecule has 0 aliphatic heterocycles. The van der Waals surface area contributed by atoms with Crippen LogP contribution in [0.1, 0.15) is 32.3 Å². The van der Waals surface area contributed by atoms with Crippen molar-refractivity contribution in [2.45, 2.75) is 44.2 Å². The molecule has 10 heteroatoms. The van der Waals surface area contributed by atoms with Gasteiger partial charge in [-0.25, -0.2) is 8.42 Å². The quantitative estimate of drug-likeness (QED) is 0.295. The number of hydrogen-bond donors (Lipinski definition) is 1. The number of para-hydroxylation sites is 1. The van der Waals surface area contributed by atoms with E-state index < -0.39 is 28.5 Å². The number of carbonyl (C=O) groups is 2. The van der Waals surface area contributed by atoms with E-state index in [9.17, 15) is 18.0 Å². The van der Waals surface area contributed by atoms with Crippen molar-refractivity contribution >= 4 is 39.1 Å². The van der Waals surface area contributed by atoms with Crippen molar-refractivity contribution in [2.75, 3.05) is 24.5 Å². The second-order valence-corrected chi connectivity index (χ2v) is 11.3. The lowest BCUT2D eigenvalue weighted by atomic mass is 10.1. The fourth-order valence-electron chi connectivity index (χ4n) is 3.95. The van der Waals surface area contributed by atoms with E-state index in [1.807, 2.05) is 6.92 Å². The molecule has 2 amide bonds. The second kappa shape index (κ2) is 14.0. The molecular weight excluding hydrogens is 538 g/mol. The maximum Gasteiger partial charge on any atom is 0.264 e. The van der Waals surface area contributed by atoms with Gasteiger partial charge in [-0.15, -0.1) is 0 Å². The smallest absolute Gasteiger partial charge is 0.264 e. The van der Waals surface area contributed by atoms with E-state index in [0.717, 1.165) is 17.1 Å². The molecule has 0 saturated heterocycles. The van der Waals surface area contributed by atoms with Crippen LogP contribution in [0.3, 0.4) is 0 Å². The summed E-state index contributed by atoms with van der Waals surface area (Å²) in [4.78, 5) is 28.2. The molecule has 8 nitrogen and oxygen atoms in total. The van der Waals surface area contributed by atoms with Gasteiger partial charge in [0.1, 0.15) is 18.3 Å². The van der Waals surface area contributed by atoms with Gasteiger partial charge in [-0.3, -0.25) is 13.9 Å². The average Bonchev–Trinajstić information content (AvgIpc) is 2.94. The number of anilines is 1. The van der Waals surface area contributed by atoms with Crippen molar-refractivity contribution in [2.24, 2.45) is 0 Å². The van der Waals surface area contributed by atoms with E-state index in [-0.39, 0.29) is 17.3 Å². The van der Waals surface area contributed by atoms with Crippen molar-refractivity contribution in [3.63, 3.8) is 0 Å². The molecule has 0 aliphatic rings. The van der Waals surface area contributed by atoms with E-state index in [1.165, 1.54) is 24.1 Å². The van der Waals surface area contributed by atoms with E-state index in [1.54, 1.807) is 73.7 Å². The summed E-state index contributed by atoms with van der Waals surface area (Å²) in [5.41, 5.74) is 1.04. The second-order valence-electron chi connectivity index (χ2n) is 8.99. The first-order chi connectivity index (χ1) is 18.7. The minimum absolute atomic E-state index is 0.00620. The van der Waals surface area contributed by atoms with Crippen LogP contribution in [-0.4, -0.2) is 51.4 Å². The van der Waals surface area contributed by atoms with Gasteiger partial charge in [0.15, 0.2) is 0 Å². The molecule has 0 fully saturated rings. The molecule has 39 heavy (non-hydrogen) atoms. The van der Waals surface area contributed by atoms with E-state index in [4.69, 9.17) is 16.3 Å². The Morgan fingerprint density at radius 1 is 1.00 bits per heavy atom. The molecule has 3 aromatic rings. The molecular formula is C29H34ClN3O5S. The fraction of sp³-hybridized carbons (Fsp3) is 0.310. The minimum atomic E-state index is -4.14. The third kappa shape index (κ3) is 7.97. The number of unbranched alkanes of at least 4 members (excludes halogenated alkanes) is 1.